The van der Waals surface area contributed by atoms with Crippen molar-refractivity contribution in [2.24, 2.45) is 0 Å². The van der Waals surface area contributed by atoms with Gasteiger partial charge in [-0.2, -0.15) is 0 Å². The number of pyridine rings is 1. The molecule has 1 unspecified atom stereocenters. The molecule has 0 saturated carbocycles. The zero-order chi connectivity index (χ0) is 12.4. The Morgan fingerprint density at radius 1 is 1.28 bits per heavy atom. The summed E-state index contributed by atoms with van der Waals surface area (Å²) in [6.45, 7) is 1.81. The third kappa shape index (κ3) is 2.19. The summed E-state index contributed by atoms with van der Waals surface area (Å²) >= 11 is 0. The van der Waals surface area contributed by atoms with E-state index in [1.54, 1.807) is 6.07 Å². The second kappa shape index (κ2) is 4.74. The van der Waals surface area contributed by atoms with E-state index >= 15 is 0 Å². The summed E-state index contributed by atoms with van der Waals surface area (Å²) in [7, 11) is 0. The SMILES string of the molecule is O=C(NC1CCNC1)c1ccc2ccccc2n1. The van der Waals surface area contributed by atoms with Crippen molar-refractivity contribution in [2.75, 3.05) is 13.1 Å². The highest BCUT2D eigenvalue weighted by Gasteiger charge is 2.18. The zero-order valence-electron chi connectivity index (χ0n) is 10.0. The van der Waals surface area contributed by atoms with Crippen molar-refractivity contribution in [2.45, 2.75) is 12.5 Å². The average Bonchev–Trinajstić information content (AvgIpc) is 2.91. The van der Waals surface area contributed by atoms with Gasteiger partial charge >= 0.3 is 0 Å². The van der Waals surface area contributed by atoms with E-state index in [2.05, 4.69) is 15.6 Å². The lowest BCUT2D eigenvalue weighted by molar-refractivity contribution is 0.0935. The minimum Gasteiger partial charge on any atom is -0.347 e. The highest BCUT2D eigenvalue weighted by atomic mass is 16.1. The lowest BCUT2D eigenvalue weighted by Crippen LogP contribution is -2.36. The van der Waals surface area contributed by atoms with E-state index in [1.165, 1.54) is 0 Å². The van der Waals surface area contributed by atoms with Gasteiger partial charge in [0.05, 0.1) is 5.52 Å². The normalized spacial score (nSPS) is 19.0. The molecule has 3 rings (SSSR count). The molecule has 0 radical (unpaired) electrons. The Labute approximate surface area is 105 Å². The van der Waals surface area contributed by atoms with Gasteiger partial charge in [-0.15, -0.1) is 0 Å². The molecular weight excluding hydrogens is 226 g/mol. The first-order chi connectivity index (χ1) is 8.83. The molecule has 2 aromatic rings. The largest absolute Gasteiger partial charge is 0.347 e. The molecule has 1 aromatic carbocycles. The molecule has 18 heavy (non-hydrogen) atoms. The molecule has 1 aliphatic rings. The molecular formula is C14H15N3O. The molecule has 4 heteroatoms. The number of carbonyl (C=O) groups is 1. The van der Waals surface area contributed by atoms with Crippen molar-refractivity contribution in [1.29, 1.82) is 0 Å². The summed E-state index contributed by atoms with van der Waals surface area (Å²) < 4.78 is 0. The minimum atomic E-state index is -0.0885. The number of fused-ring (bicyclic) bond motifs is 1. The molecule has 1 atom stereocenters. The molecule has 0 spiro atoms. The lowest BCUT2D eigenvalue weighted by Gasteiger charge is -2.10. The Bertz CT molecular complexity index is 576. The van der Waals surface area contributed by atoms with Crippen LogP contribution in [0.5, 0.6) is 0 Å². The van der Waals surface area contributed by atoms with Crippen LogP contribution in [0.2, 0.25) is 0 Å². The molecule has 0 bridgehead atoms. The molecule has 2 N–H and O–H groups in total. The number of hydrogen-bond acceptors (Lipinski definition) is 3. The summed E-state index contributed by atoms with van der Waals surface area (Å²) in [6, 6.07) is 11.7. The fourth-order valence-electron chi connectivity index (χ4n) is 2.23. The number of hydrogen-bond donors (Lipinski definition) is 2. The van der Waals surface area contributed by atoms with Crippen molar-refractivity contribution in [3.05, 3.63) is 42.1 Å². The number of benzene rings is 1. The maximum Gasteiger partial charge on any atom is 0.270 e. The Morgan fingerprint density at radius 3 is 3.00 bits per heavy atom. The van der Waals surface area contributed by atoms with E-state index in [-0.39, 0.29) is 11.9 Å². The standard InChI is InChI=1S/C14H15N3O/c18-14(16-11-7-8-15-9-11)13-6-5-10-3-1-2-4-12(10)17-13/h1-6,11,15H,7-9H2,(H,16,18). The summed E-state index contributed by atoms with van der Waals surface area (Å²) in [5.41, 5.74) is 1.34. The molecule has 1 amide bonds. The molecule has 2 heterocycles. The number of aromatic nitrogens is 1. The Hall–Kier alpha value is -1.94. The van der Waals surface area contributed by atoms with E-state index in [1.807, 2.05) is 30.3 Å². The summed E-state index contributed by atoms with van der Waals surface area (Å²) in [5.74, 6) is -0.0885. The molecule has 1 aromatic heterocycles. The van der Waals surface area contributed by atoms with Crippen LogP contribution in [-0.2, 0) is 0 Å². The smallest absolute Gasteiger partial charge is 0.270 e. The van der Waals surface area contributed by atoms with E-state index in [9.17, 15) is 4.79 Å². The van der Waals surface area contributed by atoms with Crippen molar-refractivity contribution in [3.8, 4) is 0 Å². The van der Waals surface area contributed by atoms with Gasteiger partial charge < -0.3 is 10.6 Å². The first-order valence-electron chi connectivity index (χ1n) is 6.20. The van der Waals surface area contributed by atoms with Gasteiger partial charge in [0.25, 0.3) is 5.91 Å². The predicted molar refractivity (Wildman–Crippen MR) is 70.5 cm³/mol. The average molecular weight is 241 g/mol. The number of rotatable bonds is 2. The van der Waals surface area contributed by atoms with Gasteiger partial charge in [-0.3, -0.25) is 4.79 Å². The maximum atomic E-state index is 12.0. The van der Waals surface area contributed by atoms with Gasteiger partial charge in [0.1, 0.15) is 5.69 Å². The van der Waals surface area contributed by atoms with Crippen LogP contribution in [0.4, 0.5) is 0 Å². The van der Waals surface area contributed by atoms with Crippen LogP contribution < -0.4 is 10.6 Å². The lowest BCUT2D eigenvalue weighted by atomic mass is 10.2. The van der Waals surface area contributed by atoms with Crippen LogP contribution in [0, 0.1) is 0 Å². The topological polar surface area (TPSA) is 54.0 Å². The Kier molecular flexibility index (Phi) is 2.94. The molecule has 1 fully saturated rings. The molecule has 0 aliphatic carbocycles. The van der Waals surface area contributed by atoms with Crippen LogP contribution in [0.15, 0.2) is 36.4 Å². The van der Waals surface area contributed by atoms with Crippen molar-refractivity contribution < 1.29 is 4.79 Å². The number of carbonyl (C=O) groups excluding carboxylic acids is 1. The zero-order valence-corrected chi connectivity index (χ0v) is 10.0. The molecule has 1 saturated heterocycles. The third-order valence-corrected chi connectivity index (χ3v) is 3.23. The molecule has 1 aliphatic heterocycles. The van der Waals surface area contributed by atoms with Gasteiger partial charge in [0.2, 0.25) is 0 Å². The van der Waals surface area contributed by atoms with Crippen molar-refractivity contribution in [1.82, 2.24) is 15.6 Å². The number of nitrogens with zero attached hydrogens (tertiary/aromatic N) is 1. The van der Waals surface area contributed by atoms with Crippen molar-refractivity contribution in [3.63, 3.8) is 0 Å². The van der Waals surface area contributed by atoms with Crippen molar-refractivity contribution >= 4 is 16.8 Å². The highest BCUT2D eigenvalue weighted by molar-refractivity contribution is 5.95. The van der Waals surface area contributed by atoms with Crippen LogP contribution in [0.1, 0.15) is 16.9 Å². The fourth-order valence-corrected chi connectivity index (χ4v) is 2.23. The van der Waals surface area contributed by atoms with Gasteiger partial charge in [-0.25, -0.2) is 4.98 Å². The van der Waals surface area contributed by atoms with Crippen LogP contribution in [0.25, 0.3) is 10.9 Å². The van der Waals surface area contributed by atoms with E-state index < -0.39 is 0 Å². The number of nitrogens with one attached hydrogen (secondary N) is 2. The van der Waals surface area contributed by atoms with Crippen LogP contribution in [-0.4, -0.2) is 30.0 Å². The highest BCUT2D eigenvalue weighted by Crippen LogP contribution is 2.12. The van der Waals surface area contributed by atoms with Crippen LogP contribution >= 0.6 is 0 Å². The summed E-state index contributed by atoms with van der Waals surface area (Å²) in [5, 5.41) is 7.27. The summed E-state index contributed by atoms with van der Waals surface area (Å²) in [4.78, 5) is 16.4. The van der Waals surface area contributed by atoms with E-state index in [0.29, 0.717) is 5.69 Å². The minimum absolute atomic E-state index is 0.0885. The summed E-state index contributed by atoms with van der Waals surface area (Å²) in [6.07, 6.45) is 0.985. The fraction of sp³-hybridized carbons (Fsp3) is 0.286. The van der Waals surface area contributed by atoms with Gasteiger partial charge in [-0.05, 0) is 25.1 Å². The second-order valence-corrected chi connectivity index (χ2v) is 4.55. The van der Waals surface area contributed by atoms with Gasteiger partial charge in [-0.1, -0.05) is 24.3 Å². The first-order valence-corrected chi connectivity index (χ1v) is 6.20. The van der Waals surface area contributed by atoms with Gasteiger partial charge in [0, 0.05) is 18.0 Å². The monoisotopic (exact) mass is 241 g/mol. The Morgan fingerprint density at radius 2 is 2.17 bits per heavy atom. The number of amides is 1. The van der Waals surface area contributed by atoms with Gasteiger partial charge in [0.15, 0.2) is 0 Å². The van der Waals surface area contributed by atoms with E-state index in [4.69, 9.17) is 0 Å². The maximum absolute atomic E-state index is 12.0. The predicted octanol–water partition coefficient (Wildman–Crippen LogP) is 1.33. The Balaban J connectivity index is 1.82. The quantitative estimate of drug-likeness (QED) is 0.834. The second-order valence-electron chi connectivity index (χ2n) is 4.55. The molecule has 4 nitrogen and oxygen atoms in total. The first kappa shape index (κ1) is 11.2. The molecule has 92 valence electrons. The van der Waals surface area contributed by atoms with E-state index in [0.717, 1.165) is 30.4 Å². The van der Waals surface area contributed by atoms with Crippen LogP contribution in [0.3, 0.4) is 0 Å². The third-order valence-electron chi connectivity index (χ3n) is 3.23. The number of para-hydroxylation sites is 1.